The Morgan fingerprint density at radius 3 is 2.74 bits per heavy atom. The molecule has 0 aromatic heterocycles. The van der Waals surface area contributed by atoms with Gasteiger partial charge in [0.2, 0.25) is 0 Å². The molecule has 0 aliphatic carbocycles. The molecular weight excluding hydrogens is 268 g/mol. The molecule has 110 valence electrons. The van der Waals surface area contributed by atoms with Gasteiger partial charge in [-0.25, -0.2) is 9.59 Å². The standard InChI is InChI=1S/C12H22N2O4S/c1-9-4-6-14(10(8-9)11(15)16)12(17)13-5-3-7-19(2)18/h9-10H,3-8H2,1-2H3,(H,13,17)(H,15,16). The molecule has 6 nitrogen and oxygen atoms in total. The fourth-order valence-corrected chi connectivity index (χ4v) is 2.74. The van der Waals surface area contributed by atoms with Crippen LogP contribution in [-0.4, -0.2) is 57.4 Å². The number of rotatable bonds is 5. The minimum Gasteiger partial charge on any atom is -0.480 e. The molecule has 1 rings (SSSR count). The number of nitrogens with one attached hydrogen (secondary N) is 1. The summed E-state index contributed by atoms with van der Waals surface area (Å²) >= 11 is 0. The zero-order valence-electron chi connectivity index (χ0n) is 11.4. The molecule has 19 heavy (non-hydrogen) atoms. The number of carbonyl (C=O) groups is 2. The van der Waals surface area contributed by atoms with Gasteiger partial charge in [0.15, 0.2) is 0 Å². The smallest absolute Gasteiger partial charge is 0.326 e. The van der Waals surface area contributed by atoms with E-state index in [4.69, 9.17) is 5.11 Å². The zero-order chi connectivity index (χ0) is 14.4. The van der Waals surface area contributed by atoms with Crippen molar-refractivity contribution in [1.29, 1.82) is 0 Å². The van der Waals surface area contributed by atoms with Gasteiger partial charge >= 0.3 is 12.0 Å². The summed E-state index contributed by atoms with van der Waals surface area (Å²) < 4.78 is 10.9. The summed E-state index contributed by atoms with van der Waals surface area (Å²) in [5.41, 5.74) is 0. The molecule has 7 heteroatoms. The molecule has 2 N–H and O–H groups in total. The summed E-state index contributed by atoms with van der Waals surface area (Å²) in [6.45, 7) is 2.90. The van der Waals surface area contributed by atoms with Crippen LogP contribution in [0.3, 0.4) is 0 Å². The number of hydrogen-bond donors (Lipinski definition) is 2. The second kappa shape index (κ2) is 7.47. The number of aliphatic carboxylic acids is 1. The van der Waals surface area contributed by atoms with Crippen molar-refractivity contribution in [3.63, 3.8) is 0 Å². The van der Waals surface area contributed by atoms with Crippen LogP contribution >= 0.6 is 0 Å². The number of likely N-dealkylation sites (tertiary alicyclic amines) is 1. The quantitative estimate of drug-likeness (QED) is 0.728. The van der Waals surface area contributed by atoms with E-state index < -0.39 is 22.8 Å². The van der Waals surface area contributed by atoms with Crippen LogP contribution in [0.15, 0.2) is 0 Å². The van der Waals surface area contributed by atoms with Crippen LogP contribution in [0, 0.1) is 5.92 Å². The molecule has 3 unspecified atom stereocenters. The molecule has 1 fully saturated rings. The molecule has 1 saturated heterocycles. The van der Waals surface area contributed by atoms with E-state index in [1.54, 1.807) is 6.26 Å². The number of piperidine rings is 1. The Morgan fingerprint density at radius 2 is 2.16 bits per heavy atom. The number of carboxylic acids is 1. The maximum absolute atomic E-state index is 11.9. The van der Waals surface area contributed by atoms with Crippen LogP contribution in [0.1, 0.15) is 26.2 Å². The van der Waals surface area contributed by atoms with Crippen LogP contribution in [0.5, 0.6) is 0 Å². The molecule has 0 aromatic carbocycles. The molecule has 1 aliphatic heterocycles. The molecule has 0 saturated carbocycles. The maximum atomic E-state index is 11.9. The highest BCUT2D eigenvalue weighted by Crippen LogP contribution is 2.22. The lowest BCUT2D eigenvalue weighted by molar-refractivity contribution is -0.143. The molecule has 2 amide bonds. The maximum Gasteiger partial charge on any atom is 0.326 e. The monoisotopic (exact) mass is 290 g/mol. The van der Waals surface area contributed by atoms with Gasteiger partial charge in [-0.05, 0) is 25.2 Å². The number of carboxylic acid groups (broad SMARTS) is 1. The second-order valence-electron chi connectivity index (χ2n) is 5.04. The van der Waals surface area contributed by atoms with Gasteiger partial charge in [-0.2, -0.15) is 0 Å². The first kappa shape index (κ1) is 15.9. The second-order valence-corrected chi connectivity index (χ2v) is 6.59. The van der Waals surface area contributed by atoms with Crippen LogP contribution in [0.2, 0.25) is 0 Å². The van der Waals surface area contributed by atoms with Gasteiger partial charge in [0, 0.05) is 35.9 Å². The Morgan fingerprint density at radius 1 is 1.47 bits per heavy atom. The van der Waals surface area contributed by atoms with Crippen molar-refractivity contribution in [3.8, 4) is 0 Å². The number of amides is 2. The Balaban J connectivity index is 2.45. The van der Waals surface area contributed by atoms with Crippen molar-refractivity contribution in [2.45, 2.75) is 32.2 Å². The van der Waals surface area contributed by atoms with Gasteiger partial charge < -0.3 is 15.3 Å². The van der Waals surface area contributed by atoms with Crippen LogP contribution in [0.4, 0.5) is 4.79 Å². The van der Waals surface area contributed by atoms with E-state index in [-0.39, 0.29) is 6.03 Å². The highest BCUT2D eigenvalue weighted by Gasteiger charge is 2.34. The van der Waals surface area contributed by atoms with Gasteiger partial charge in [0.05, 0.1) is 0 Å². The van der Waals surface area contributed by atoms with E-state index in [0.717, 1.165) is 6.42 Å². The van der Waals surface area contributed by atoms with Crippen molar-refractivity contribution in [2.24, 2.45) is 5.92 Å². The van der Waals surface area contributed by atoms with Gasteiger partial charge in [-0.3, -0.25) is 4.21 Å². The first-order valence-electron chi connectivity index (χ1n) is 6.49. The van der Waals surface area contributed by atoms with E-state index in [9.17, 15) is 13.8 Å². The Labute approximate surface area is 116 Å². The van der Waals surface area contributed by atoms with Crippen molar-refractivity contribution < 1.29 is 18.9 Å². The van der Waals surface area contributed by atoms with Crippen LogP contribution < -0.4 is 5.32 Å². The molecule has 0 radical (unpaired) electrons. The Bertz CT molecular complexity index is 362. The summed E-state index contributed by atoms with van der Waals surface area (Å²) in [7, 11) is -0.863. The van der Waals surface area contributed by atoms with Crippen molar-refractivity contribution in [1.82, 2.24) is 10.2 Å². The van der Waals surface area contributed by atoms with Gasteiger partial charge in [0.25, 0.3) is 0 Å². The zero-order valence-corrected chi connectivity index (χ0v) is 12.2. The molecule has 0 bridgehead atoms. The fourth-order valence-electron chi connectivity index (χ4n) is 2.19. The van der Waals surface area contributed by atoms with Crippen molar-refractivity contribution in [3.05, 3.63) is 0 Å². The molecular formula is C12H22N2O4S. The molecule has 3 atom stereocenters. The van der Waals surface area contributed by atoms with Gasteiger partial charge in [-0.15, -0.1) is 0 Å². The average Bonchev–Trinajstić information content (AvgIpc) is 2.33. The van der Waals surface area contributed by atoms with E-state index >= 15 is 0 Å². The topological polar surface area (TPSA) is 86.7 Å². The third-order valence-electron chi connectivity index (χ3n) is 3.30. The number of urea groups is 1. The average molecular weight is 290 g/mol. The van der Waals surface area contributed by atoms with E-state index in [2.05, 4.69) is 5.32 Å². The number of carbonyl (C=O) groups excluding carboxylic acids is 1. The molecule has 1 aliphatic rings. The predicted molar refractivity (Wildman–Crippen MR) is 73.5 cm³/mol. The lowest BCUT2D eigenvalue weighted by Gasteiger charge is -2.35. The summed E-state index contributed by atoms with van der Waals surface area (Å²) in [6, 6.07) is -1.06. The Kier molecular flexibility index (Phi) is 6.27. The first-order chi connectivity index (χ1) is 8.91. The largest absolute Gasteiger partial charge is 0.480 e. The highest BCUT2D eigenvalue weighted by atomic mass is 32.2. The third kappa shape index (κ3) is 5.18. The predicted octanol–water partition coefficient (Wildman–Crippen LogP) is 0.650. The third-order valence-corrected chi connectivity index (χ3v) is 4.16. The van der Waals surface area contributed by atoms with E-state index in [1.807, 2.05) is 6.92 Å². The lowest BCUT2D eigenvalue weighted by atomic mass is 9.93. The summed E-state index contributed by atoms with van der Waals surface area (Å²) in [4.78, 5) is 24.5. The van der Waals surface area contributed by atoms with Crippen molar-refractivity contribution in [2.75, 3.05) is 25.1 Å². The highest BCUT2D eigenvalue weighted by molar-refractivity contribution is 7.84. The molecule has 1 heterocycles. The summed E-state index contributed by atoms with van der Waals surface area (Å²) in [5, 5.41) is 11.9. The minimum atomic E-state index is -0.948. The van der Waals surface area contributed by atoms with Crippen LogP contribution in [-0.2, 0) is 15.6 Å². The SMILES string of the molecule is CC1CCN(C(=O)NCCCS(C)=O)C(C(=O)O)C1. The van der Waals surface area contributed by atoms with Gasteiger partial charge in [-0.1, -0.05) is 6.92 Å². The summed E-state index contributed by atoms with van der Waals surface area (Å²) in [6.07, 6.45) is 3.59. The minimum absolute atomic E-state index is 0.327. The first-order valence-corrected chi connectivity index (χ1v) is 8.21. The Hall–Kier alpha value is -1.11. The lowest BCUT2D eigenvalue weighted by Crippen LogP contribution is -2.53. The number of nitrogens with zero attached hydrogens (tertiary/aromatic N) is 1. The van der Waals surface area contributed by atoms with E-state index in [0.29, 0.717) is 37.6 Å². The van der Waals surface area contributed by atoms with Crippen LogP contribution in [0.25, 0.3) is 0 Å². The fraction of sp³-hybridized carbons (Fsp3) is 0.833. The normalized spacial score (nSPS) is 24.8. The molecule has 0 aromatic rings. The summed E-state index contributed by atoms with van der Waals surface area (Å²) in [5.74, 6) is -0.0799. The van der Waals surface area contributed by atoms with Crippen molar-refractivity contribution >= 4 is 22.8 Å². The molecule has 0 spiro atoms. The number of hydrogen-bond acceptors (Lipinski definition) is 3. The van der Waals surface area contributed by atoms with E-state index in [1.165, 1.54) is 4.90 Å². The van der Waals surface area contributed by atoms with Gasteiger partial charge in [0.1, 0.15) is 6.04 Å².